The van der Waals surface area contributed by atoms with Crippen molar-refractivity contribution in [2.24, 2.45) is 5.92 Å². The van der Waals surface area contributed by atoms with Crippen molar-refractivity contribution in [3.63, 3.8) is 0 Å². The smallest absolute Gasteiger partial charge is 0.124 e. The van der Waals surface area contributed by atoms with E-state index in [-0.39, 0.29) is 6.04 Å². The molecule has 1 aliphatic heterocycles. The van der Waals surface area contributed by atoms with E-state index in [9.17, 15) is 0 Å². The van der Waals surface area contributed by atoms with Gasteiger partial charge in [-0.3, -0.25) is 0 Å². The zero-order valence-electron chi connectivity index (χ0n) is 15.0. The highest BCUT2D eigenvalue weighted by Gasteiger charge is 2.39. The minimum Gasteiger partial charge on any atom is -0.494 e. The molecule has 0 saturated carbocycles. The summed E-state index contributed by atoms with van der Waals surface area (Å²) in [6.07, 6.45) is 5.85. The SMILES string of the molecule is CCOc1ccccc1C1Nc2c(ccc3ccccc23)C2C=CCC21. The first-order valence-electron chi connectivity index (χ1n) is 9.53. The van der Waals surface area contributed by atoms with E-state index in [2.05, 4.69) is 78.1 Å². The van der Waals surface area contributed by atoms with Gasteiger partial charge in [-0.1, -0.05) is 66.7 Å². The molecule has 0 spiro atoms. The van der Waals surface area contributed by atoms with Crippen molar-refractivity contribution in [3.8, 4) is 5.75 Å². The van der Waals surface area contributed by atoms with Crippen LogP contribution in [0, 0.1) is 5.92 Å². The third-order valence-corrected chi connectivity index (χ3v) is 5.82. The Morgan fingerprint density at radius 1 is 0.962 bits per heavy atom. The predicted molar refractivity (Wildman–Crippen MR) is 108 cm³/mol. The van der Waals surface area contributed by atoms with E-state index in [1.807, 2.05) is 6.92 Å². The molecule has 2 nitrogen and oxygen atoms in total. The van der Waals surface area contributed by atoms with Crippen LogP contribution in [0.25, 0.3) is 10.8 Å². The van der Waals surface area contributed by atoms with Gasteiger partial charge in [-0.05, 0) is 36.3 Å². The van der Waals surface area contributed by atoms with Crippen molar-refractivity contribution in [2.45, 2.75) is 25.3 Å². The second kappa shape index (κ2) is 6.21. The van der Waals surface area contributed by atoms with Crippen molar-refractivity contribution >= 4 is 16.5 Å². The average molecular weight is 341 g/mol. The molecule has 1 aliphatic carbocycles. The van der Waals surface area contributed by atoms with Crippen molar-refractivity contribution in [3.05, 3.63) is 83.9 Å². The lowest BCUT2D eigenvalue weighted by Gasteiger charge is -2.38. The Labute approximate surface area is 154 Å². The fourth-order valence-corrected chi connectivity index (χ4v) is 4.67. The molecule has 2 aliphatic rings. The second-order valence-electron chi connectivity index (χ2n) is 7.20. The first-order valence-corrected chi connectivity index (χ1v) is 9.53. The molecule has 3 aromatic rings. The maximum absolute atomic E-state index is 5.95. The molecular weight excluding hydrogens is 318 g/mol. The third kappa shape index (κ3) is 2.33. The predicted octanol–water partition coefficient (Wildman–Crippen LogP) is 6.07. The molecular formula is C24H23NO. The molecule has 1 N–H and O–H groups in total. The highest BCUT2D eigenvalue weighted by atomic mass is 16.5. The molecule has 5 rings (SSSR count). The molecule has 3 aromatic carbocycles. The van der Waals surface area contributed by atoms with E-state index in [1.165, 1.54) is 27.6 Å². The Balaban J connectivity index is 1.68. The minimum atomic E-state index is 0.260. The van der Waals surface area contributed by atoms with E-state index in [0.717, 1.165) is 12.2 Å². The van der Waals surface area contributed by atoms with Crippen LogP contribution in [0.5, 0.6) is 5.75 Å². The number of anilines is 1. The fraction of sp³-hybridized carbons (Fsp3) is 0.250. The zero-order chi connectivity index (χ0) is 17.5. The van der Waals surface area contributed by atoms with Gasteiger partial charge in [0, 0.05) is 22.6 Å². The zero-order valence-corrected chi connectivity index (χ0v) is 15.0. The van der Waals surface area contributed by atoms with Crippen LogP contribution in [-0.4, -0.2) is 6.61 Å². The van der Waals surface area contributed by atoms with Gasteiger partial charge in [-0.25, -0.2) is 0 Å². The number of allylic oxidation sites excluding steroid dienone is 2. The summed E-state index contributed by atoms with van der Waals surface area (Å²) < 4.78 is 5.95. The Kier molecular flexibility index (Phi) is 3.70. The van der Waals surface area contributed by atoms with E-state index < -0.39 is 0 Å². The number of nitrogens with one attached hydrogen (secondary N) is 1. The largest absolute Gasteiger partial charge is 0.494 e. The van der Waals surface area contributed by atoms with Crippen LogP contribution >= 0.6 is 0 Å². The number of rotatable bonds is 3. The van der Waals surface area contributed by atoms with Crippen LogP contribution in [0.2, 0.25) is 0 Å². The average Bonchev–Trinajstić information content (AvgIpc) is 3.18. The Morgan fingerprint density at radius 2 is 1.81 bits per heavy atom. The standard InChI is InChI=1S/C24H23NO/c1-2-26-22-13-6-5-10-21(22)24-19-12-7-11-18(19)20-15-14-16-8-3-4-9-17(16)23(20)25-24/h3-11,13-15,18-19,24-25H,2,12H2,1H3. The van der Waals surface area contributed by atoms with E-state index in [1.54, 1.807) is 0 Å². The molecule has 26 heavy (non-hydrogen) atoms. The number of benzene rings is 3. The van der Waals surface area contributed by atoms with Crippen molar-refractivity contribution in [1.29, 1.82) is 0 Å². The molecule has 3 atom stereocenters. The third-order valence-electron chi connectivity index (χ3n) is 5.82. The van der Waals surface area contributed by atoms with Gasteiger partial charge in [0.25, 0.3) is 0 Å². The van der Waals surface area contributed by atoms with E-state index >= 15 is 0 Å². The number of hydrogen-bond acceptors (Lipinski definition) is 2. The quantitative estimate of drug-likeness (QED) is 0.584. The lowest BCUT2D eigenvalue weighted by Crippen LogP contribution is -2.29. The highest BCUT2D eigenvalue weighted by Crippen LogP contribution is 2.52. The van der Waals surface area contributed by atoms with Gasteiger partial charge in [-0.15, -0.1) is 0 Å². The Bertz CT molecular complexity index is 990. The van der Waals surface area contributed by atoms with Crippen molar-refractivity contribution < 1.29 is 4.74 Å². The van der Waals surface area contributed by atoms with Gasteiger partial charge in [0.15, 0.2) is 0 Å². The number of fused-ring (bicyclic) bond motifs is 5. The maximum Gasteiger partial charge on any atom is 0.124 e. The van der Waals surface area contributed by atoms with Crippen LogP contribution in [0.1, 0.15) is 36.4 Å². The molecule has 0 amide bonds. The Hall–Kier alpha value is -2.74. The fourth-order valence-electron chi connectivity index (χ4n) is 4.67. The number of para-hydroxylation sites is 1. The van der Waals surface area contributed by atoms with Crippen LogP contribution in [0.4, 0.5) is 5.69 Å². The first-order chi connectivity index (χ1) is 12.9. The van der Waals surface area contributed by atoms with Gasteiger partial charge < -0.3 is 10.1 Å². The minimum absolute atomic E-state index is 0.260. The van der Waals surface area contributed by atoms with Crippen LogP contribution in [0.15, 0.2) is 72.8 Å². The molecule has 0 bridgehead atoms. The molecule has 0 radical (unpaired) electrons. The molecule has 0 saturated heterocycles. The van der Waals surface area contributed by atoms with Gasteiger partial charge in [0.05, 0.1) is 12.6 Å². The normalized spacial score (nSPS) is 23.3. The van der Waals surface area contributed by atoms with Crippen LogP contribution in [-0.2, 0) is 0 Å². The molecule has 1 heterocycles. The lowest BCUT2D eigenvalue weighted by molar-refractivity contribution is 0.327. The van der Waals surface area contributed by atoms with Crippen molar-refractivity contribution in [1.82, 2.24) is 0 Å². The van der Waals surface area contributed by atoms with Gasteiger partial charge >= 0.3 is 0 Å². The number of ether oxygens (including phenoxy) is 1. The summed E-state index contributed by atoms with van der Waals surface area (Å²) >= 11 is 0. The van der Waals surface area contributed by atoms with E-state index in [4.69, 9.17) is 4.74 Å². The summed E-state index contributed by atoms with van der Waals surface area (Å²) in [6, 6.07) is 22.0. The molecule has 3 unspecified atom stereocenters. The molecule has 2 heteroatoms. The highest BCUT2D eigenvalue weighted by molar-refractivity contribution is 5.96. The summed E-state index contributed by atoms with van der Waals surface area (Å²) in [5, 5.41) is 6.50. The summed E-state index contributed by atoms with van der Waals surface area (Å²) in [7, 11) is 0. The van der Waals surface area contributed by atoms with E-state index in [0.29, 0.717) is 18.4 Å². The monoisotopic (exact) mass is 341 g/mol. The van der Waals surface area contributed by atoms with Crippen LogP contribution in [0.3, 0.4) is 0 Å². The van der Waals surface area contributed by atoms with Crippen LogP contribution < -0.4 is 10.1 Å². The summed E-state index contributed by atoms with van der Waals surface area (Å²) in [6.45, 7) is 2.74. The second-order valence-corrected chi connectivity index (χ2v) is 7.20. The van der Waals surface area contributed by atoms with Crippen molar-refractivity contribution in [2.75, 3.05) is 11.9 Å². The molecule has 130 valence electrons. The maximum atomic E-state index is 5.95. The molecule has 0 aromatic heterocycles. The molecule has 0 fully saturated rings. The summed E-state index contributed by atoms with van der Waals surface area (Å²) in [4.78, 5) is 0. The Morgan fingerprint density at radius 3 is 2.73 bits per heavy atom. The topological polar surface area (TPSA) is 21.3 Å². The van der Waals surface area contributed by atoms with Gasteiger partial charge in [0.1, 0.15) is 5.75 Å². The number of hydrogen-bond donors (Lipinski definition) is 1. The lowest BCUT2D eigenvalue weighted by atomic mass is 9.76. The summed E-state index contributed by atoms with van der Waals surface area (Å²) in [5.41, 5.74) is 3.98. The van der Waals surface area contributed by atoms with Gasteiger partial charge in [0.2, 0.25) is 0 Å². The first kappa shape index (κ1) is 15.5. The summed E-state index contributed by atoms with van der Waals surface area (Å²) in [5.74, 6) is 2.00. The van der Waals surface area contributed by atoms with Gasteiger partial charge in [-0.2, -0.15) is 0 Å².